The number of hydrogen-bond donors (Lipinski definition) is 0. The van der Waals surface area contributed by atoms with Gasteiger partial charge in [0.05, 0.1) is 0 Å². The van der Waals surface area contributed by atoms with Crippen LogP contribution in [0.1, 0.15) is 18.1 Å². The Hall–Kier alpha value is -3.01. The minimum absolute atomic E-state index is 0.148. The predicted octanol–water partition coefficient (Wildman–Crippen LogP) is 3.85. The molecule has 3 rings (SSSR count). The summed E-state index contributed by atoms with van der Waals surface area (Å²) in [5, 5.41) is 0. The number of rotatable bonds is 6. The van der Waals surface area contributed by atoms with Crippen molar-refractivity contribution in [2.24, 2.45) is 0 Å². The number of ether oxygens (including phenoxy) is 1. The minimum Gasteiger partial charge on any atom is -0.473 e. The monoisotopic (exact) mass is 318 g/mol. The van der Waals surface area contributed by atoms with E-state index >= 15 is 0 Å². The molecule has 0 bridgehead atoms. The molecule has 4 heteroatoms. The van der Waals surface area contributed by atoms with Gasteiger partial charge in [-0.3, -0.25) is 4.79 Å². The summed E-state index contributed by atoms with van der Waals surface area (Å²) in [4.78, 5) is 19.9. The summed E-state index contributed by atoms with van der Waals surface area (Å²) in [5.74, 6) is 1.29. The number of hydrogen-bond acceptors (Lipinski definition) is 4. The molecule has 1 heterocycles. The zero-order valence-electron chi connectivity index (χ0n) is 13.5. The third-order valence-corrected chi connectivity index (χ3v) is 3.52. The Labute approximate surface area is 141 Å². The molecular formula is C20H18N2O2. The van der Waals surface area contributed by atoms with E-state index in [0.717, 1.165) is 16.7 Å². The van der Waals surface area contributed by atoms with Crippen LogP contribution >= 0.6 is 0 Å². The highest BCUT2D eigenvalue weighted by atomic mass is 16.5. The molecule has 4 nitrogen and oxygen atoms in total. The molecule has 0 unspecified atom stereocenters. The number of aromatic nitrogens is 2. The van der Waals surface area contributed by atoms with Crippen molar-refractivity contribution >= 4 is 5.78 Å². The molecule has 0 fully saturated rings. The second kappa shape index (κ2) is 7.51. The molecule has 0 spiro atoms. The Morgan fingerprint density at radius 2 is 1.71 bits per heavy atom. The highest BCUT2D eigenvalue weighted by molar-refractivity contribution is 5.78. The average Bonchev–Trinajstić information content (AvgIpc) is 2.61. The maximum Gasteiger partial charge on any atom is 0.217 e. The molecule has 0 amide bonds. The van der Waals surface area contributed by atoms with Crippen LogP contribution in [0.3, 0.4) is 0 Å². The number of ketones is 1. The van der Waals surface area contributed by atoms with Crippen LogP contribution in [0.25, 0.3) is 11.4 Å². The number of carbonyl (C=O) groups is 1. The molecule has 24 heavy (non-hydrogen) atoms. The van der Waals surface area contributed by atoms with E-state index in [1.165, 1.54) is 0 Å². The largest absolute Gasteiger partial charge is 0.473 e. The van der Waals surface area contributed by atoms with Crippen LogP contribution in [0.15, 0.2) is 66.9 Å². The molecule has 120 valence electrons. The van der Waals surface area contributed by atoms with Crippen LogP contribution in [0.5, 0.6) is 5.88 Å². The first-order valence-corrected chi connectivity index (χ1v) is 7.79. The zero-order valence-corrected chi connectivity index (χ0v) is 13.5. The van der Waals surface area contributed by atoms with Gasteiger partial charge in [0.2, 0.25) is 5.88 Å². The topological polar surface area (TPSA) is 52.1 Å². The lowest BCUT2D eigenvalue weighted by Crippen LogP contribution is -1.99. The van der Waals surface area contributed by atoms with Crippen LogP contribution < -0.4 is 4.74 Å². The van der Waals surface area contributed by atoms with Gasteiger partial charge in [0.25, 0.3) is 0 Å². The number of nitrogens with zero attached hydrogens (tertiary/aromatic N) is 2. The van der Waals surface area contributed by atoms with Crippen molar-refractivity contribution in [2.75, 3.05) is 0 Å². The first-order chi connectivity index (χ1) is 11.7. The van der Waals surface area contributed by atoms with E-state index in [4.69, 9.17) is 4.74 Å². The number of carbonyl (C=O) groups excluding carboxylic acids is 1. The molecule has 0 aliphatic carbocycles. The fourth-order valence-corrected chi connectivity index (χ4v) is 2.35. The Balaban J connectivity index is 1.71. The van der Waals surface area contributed by atoms with Crippen LogP contribution in [-0.4, -0.2) is 15.8 Å². The fraction of sp³-hybridized carbons (Fsp3) is 0.150. The molecule has 2 aromatic carbocycles. The Kier molecular flexibility index (Phi) is 4.96. The lowest BCUT2D eigenvalue weighted by Gasteiger charge is -2.07. The molecule has 0 atom stereocenters. The molecule has 1 aromatic heterocycles. The smallest absolute Gasteiger partial charge is 0.217 e. The molecule has 0 N–H and O–H groups in total. The van der Waals surface area contributed by atoms with Crippen LogP contribution in [0, 0.1) is 0 Å². The van der Waals surface area contributed by atoms with Crippen LogP contribution in [0.2, 0.25) is 0 Å². The minimum atomic E-state index is 0.148. The second-order valence-electron chi connectivity index (χ2n) is 5.57. The van der Waals surface area contributed by atoms with Crippen molar-refractivity contribution in [3.05, 3.63) is 78.0 Å². The first-order valence-electron chi connectivity index (χ1n) is 7.79. The summed E-state index contributed by atoms with van der Waals surface area (Å²) in [6.45, 7) is 2.05. The molecule has 3 aromatic rings. The van der Waals surface area contributed by atoms with Gasteiger partial charge in [-0.25, -0.2) is 4.98 Å². The van der Waals surface area contributed by atoms with Gasteiger partial charge in [-0.15, -0.1) is 0 Å². The fourth-order valence-electron chi connectivity index (χ4n) is 2.35. The predicted molar refractivity (Wildman–Crippen MR) is 92.6 cm³/mol. The Morgan fingerprint density at radius 3 is 2.42 bits per heavy atom. The molecule has 0 saturated heterocycles. The molecule has 0 aliphatic rings. The van der Waals surface area contributed by atoms with Crippen LogP contribution in [0.4, 0.5) is 0 Å². The van der Waals surface area contributed by atoms with E-state index in [9.17, 15) is 4.79 Å². The zero-order chi connectivity index (χ0) is 16.8. The maximum absolute atomic E-state index is 11.2. The molecule has 0 saturated carbocycles. The normalized spacial score (nSPS) is 10.4. The van der Waals surface area contributed by atoms with Crippen molar-refractivity contribution in [3.8, 4) is 17.3 Å². The Bertz CT molecular complexity index is 815. The van der Waals surface area contributed by atoms with Gasteiger partial charge in [0.1, 0.15) is 12.4 Å². The van der Waals surface area contributed by atoms with E-state index in [-0.39, 0.29) is 5.78 Å². The summed E-state index contributed by atoms with van der Waals surface area (Å²) in [6, 6.07) is 19.4. The standard InChI is InChI=1S/C20H18N2O2/c1-15(23)13-16-7-9-18(10-8-16)20-21-12-11-19(22-20)24-14-17-5-3-2-4-6-17/h2-12H,13-14H2,1H3. The highest BCUT2D eigenvalue weighted by Crippen LogP contribution is 2.19. The van der Waals surface area contributed by atoms with Crippen molar-refractivity contribution in [1.29, 1.82) is 0 Å². The summed E-state index contributed by atoms with van der Waals surface area (Å²) in [5.41, 5.74) is 2.97. The Morgan fingerprint density at radius 1 is 0.958 bits per heavy atom. The van der Waals surface area contributed by atoms with Crippen molar-refractivity contribution in [3.63, 3.8) is 0 Å². The first kappa shape index (κ1) is 15.9. The van der Waals surface area contributed by atoms with E-state index in [2.05, 4.69) is 9.97 Å². The molecule has 0 radical (unpaired) electrons. The summed E-state index contributed by atoms with van der Waals surface area (Å²) in [6.07, 6.45) is 2.13. The maximum atomic E-state index is 11.2. The summed E-state index contributed by atoms with van der Waals surface area (Å²) >= 11 is 0. The molecule has 0 aliphatic heterocycles. The van der Waals surface area contributed by atoms with E-state index in [1.807, 2.05) is 54.6 Å². The summed E-state index contributed by atoms with van der Waals surface area (Å²) in [7, 11) is 0. The van der Waals surface area contributed by atoms with Gasteiger partial charge in [-0.1, -0.05) is 54.6 Å². The third kappa shape index (κ3) is 4.26. The van der Waals surface area contributed by atoms with E-state index < -0.39 is 0 Å². The van der Waals surface area contributed by atoms with Crippen molar-refractivity contribution in [1.82, 2.24) is 9.97 Å². The highest BCUT2D eigenvalue weighted by Gasteiger charge is 2.05. The van der Waals surface area contributed by atoms with E-state index in [1.54, 1.807) is 19.2 Å². The van der Waals surface area contributed by atoms with Gasteiger partial charge in [0.15, 0.2) is 5.82 Å². The lowest BCUT2D eigenvalue weighted by atomic mass is 10.1. The summed E-state index contributed by atoms with van der Waals surface area (Å²) < 4.78 is 5.73. The van der Waals surface area contributed by atoms with Gasteiger partial charge in [-0.2, -0.15) is 4.98 Å². The average molecular weight is 318 g/mol. The van der Waals surface area contributed by atoms with Crippen LogP contribution in [-0.2, 0) is 17.8 Å². The lowest BCUT2D eigenvalue weighted by molar-refractivity contribution is -0.116. The molecular weight excluding hydrogens is 300 g/mol. The van der Waals surface area contributed by atoms with Crippen molar-refractivity contribution < 1.29 is 9.53 Å². The quantitative estimate of drug-likeness (QED) is 0.692. The van der Waals surface area contributed by atoms with Gasteiger partial charge >= 0.3 is 0 Å². The second-order valence-corrected chi connectivity index (χ2v) is 5.57. The van der Waals surface area contributed by atoms with Gasteiger partial charge in [-0.05, 0) is 18.1 Å². The SMILES string of the molecule is CC(=O)Cc1ccc(-c2nccc(OCc3ccccc3)n2)cc1. The van der Waals surface area contributed by atoms with E-state index in [0.29, 0.717) is 24.7 Å². The third-order valence-electron chi connectivity index (χ3n) is 3.52. The number of Topliss-reactive ketones (excluding diaryl/α,β-unsaturated/α-hetero) is 1. The van der Waals surface area contributed by atoms with Crippen molar-refractivity contribution in [2.45, 2.75) is 20.0 Å². The van der Waals surface area contributed by atoms with Gasteiger partial charge in [0, 0.05) is 24.2 Å². The van der Waals surface area contributed by atoms with Gasteiger partial charge < -0.3 is 4.74 Å². The number of benzene rings is 2.